The van der Waals surface area contributed by atoms with Crippen LogP contribution in [0.3, 0.4) is 0 Å². The van der Waals surface area contributed by atoms with Crippen molar-refractivity contribution in [2.75, 3.05) is 25.0 Å². The molecule has 0 saturated carbocycles. The number of carboxylic acids is 1. The molecule has 0 amide bonds. The van der Waals surface area contributed by atoms with Crippen molar-refractivity contribution in [1.29, 1.82) is 0 Å². The molecule has 0 aliphatic carbocycles. The third kappa shape index (κ3) is 8.65. The van der Waals surface area contributed by atoms with Gasteiger partial charge in [-0.25, -0.2) is 0 Å². The molecule has 1 aromatic heterocycles. The van der Waals surface area contributed by atoms with E-state index in [0.717, 1.165) is 28.0 Å². The predicted molar refractivity (Wildman–Crippen MR) is 178 cm³/mol. The Labute approximate surface area is 272 Å². The van der Waals surface area contributed by atoms with E-state index in [4.69, 9.17) is 9.84 Å². The van der Waals surface area contributed by atoms with Gasteiger partial charge in [-0.3, -0.25) is 24.0 Å². The minimum absolute atomic E-state index is 0.0347. The normalized spacial score (nSPS) is 14.4. The number of carboxylic acid groups (broad SMARTS) is 1. The molecule has 1 N–H and O–H groups in total. The molecule has 1 aliphatic heterocycles. The van der Waals surface area contributed by atoms with Crippen molar-refractivity contribution in [2.45, 2.75) is 38.3 Å². The second kappa shape index (κ2) is 16.7. The Morgan fingerprint density at radius 3 is 1.96 bits per heavy atom. The van der Waals surface area contributed by atoms with Crippen LogP contribution in [0.2, 0.25) is 0 Å². The van der Waals surface area contributed by atoms with Gasteiger partial charge in [-0.2, -0.15) is 5.10 Å². The first-order valence-corrected chi connectivity index (χ1v) is 16.1. The summed E-state index contributed by atoms with van der Waals surface area (Å²) in [6.45, 7) is 3.94. The summed E-state index contributed by atoms with van der Waals surface area (Å²) in [7, 11) is 0. The number of hydrogen-bond acceptors (Lipinski definition) is 6. The molecule has 4 aromatic rings. The number of carbonyl (C=O) groups excluding carboxylic acids is 2. The summed E-state index contributed by atoms with van der Waals surface area (Å²) in [4.78, 5) is 36.6. The lowest BCUT2D eigenvalue weighted by Gasteiger charge is -2.47. The molecule has 2 heterocycles. The molecule has 9 heteroatoms. The average molecular weight is 673 g/mol. The fourth-order valence-electron chi connectivity index (χ4n) is 5.64. The van der Waals surface area contributed by atoms with Crippen molar-refractivity contribution in [1.82, 2.24) is 14.7 Å². The number of hydrogen-bond donors (Lipinski definition) is 1. The van der Waals surface area contributed by atoms with Gasteiger partial charge in [-0.05, 0) is 42.2 Å². The highest BCUT2D eigenvalue weighted by atomic mass is 79.9. The third-order valence-electron chi connectivity index (χ3n) is 7.55. The number of ether oxygens (including phenoxy) is 1. The van der Waals surface area contributed by atoms with Crippen LogP contribution in [0, 0.1) is 0 Å². The number of aliphatic carboxylic acids is 1. The molecule has 0 radical (unpaired) electrons. The molecule has 45 heavy (non-hydrogen) atoms. The number of ketones is 1. The zero-order valence-corrected chi connectivity index (χ0v) is 26.9. The van der Waals surface area contributed by atoms with Gasteiger partial charge in [0.1, 0.15) is 5.33 Å². The minimum atomic E-state index is -0.829. The van der Waals surface area contributed by atoms with Crippen molar-refractivity contribution in [2.24, 2.45) is 0 Å². The average Bonchev–Trinajstić information content (AvgIpc) is 3.52. The molecule has 1 fully saturated rings. The molecule has 1 saturated heterocycles. The number of likely N-dealkylation sites (tertiary alicyclic amines) is 1. The van der Waals surface area contributed by atoms with Crippen molar-refractivity contribution < 1.29 is 24.2 Å². The Morgan fingerprint density at radius 1 is 0.933 bits per heavy atom. The van der Waals surface area contributed by atoms with Gasteiger partial charge in [-0.1, -0.05) is 107 Å². The summed E-state index contributed by atoms with van der Waals surface area (Å²) in [6, 6.07) is 33.6. The topological polar surface area (TPSA) is 102 Å². The second-order valence-electron chi connectivity index (χ2n) is 10.5. The highest BCUT2D eigenvalue weighted by molar-refractivity contribution is 9.09. The van der Waals surface area contributed by atoms with Crippen molar-refractivity contribution in [3.8, 4) is 0 Å². The van der Waals surface area contributed by atoms with E-state index in [-0.39, 0.29) is 17.1 Å². The van der Waals surface area contributed by atoms with Crippen LogP contribution in [0.25, 0.3) is 6.08 Å². The Balaban J connectivity index is 0.000000854. The smallest absolute Gasteiger partial charge is 0.314 e. The number of aromatic nitrogens is 2. The monoisotopic (exact) mass is 671 g/mol. The fourth-order valence-corrected chi connectivity index (χ4v) is 5.64. The maximum atomic E-state index is 13.2. The maximum absolute atomic E-state index is 13.2. The standard InChI is InChI=1S/C34H35N3O3.C2H3BrO2/c1-2-40-33(39)19-12-22-37-24-20-31(35-37)25-27-26-36(23-21-32(27)38)34(28-13-6-3-7-14-28,29-15-8-4-9-16-29)30-17-10-5-11-18-30;3-1-2(4)5/h3-11,13-18,20,24-25H,2,12,19,21-23,26H2,1H3;1H2,(H,4,5)/b27-25+;. The minimum Gasteiger partial charge on any atom is -0.481 e. The van der Waals surface area contributed by atoms with E-state index in [1.54, 1.807) is 0 Å². The molecule has 0 atom stereocenters. The molecular formula is C36H38BrN3O5. The molecule has 234 valence electrons. The van der Waals surface area contributed by atoms with Gasteiger partial charge >= 0.3 is 11.9 Å². The van der Waals surface area contributed by atoms with Gasteiger partial charge in [0.25, 0.3) is 0 Å². The van der Waals surface area contributed by atoms with Crippen LogP contribution in [0.15, 0.2) is 109 Å². The van der Waals surface area contributed by atoms with E-state index in [1.807, 2.05) is 48.1 Å². The fraction of sp³-hybridized carbons (Fsp3) is 0.278. The molecular weight excluding hydrogens is 634 g/mol. The van der Waals surface area contributed by atoms with Gasteiger partial charge < -0.3 is 9.84 Å². The van der Waals surface area contributed by atoms with E-state index >= 15 is 0 Å². The summed E-state index contributed by atoms with van der Waals surface area (Å²) in [5, 5.41) is 12.4. The first-order valence-electron chi connectivity index (χ1n) is 15.0. The summed E-state index contributed by atoms with van der Waals surface area (Å²) >= 11 is 2.71. The largest absolute Gasteiger partial charge is 0.481 e. The number of benzene rings is 3. The molecule has 1 aliphatic rings. The van der Waals surface area contributed by atoms with Crippen LogP contribution in [0.1, 0.15) is 48.6 Å². The van der Waals surface area contributed by atoms with E-state index in [9.17, 15) is 14.4 Å². The lowest BCUT2D eigenvalue weighted by Crippen LogP contribution is -2.52. The highest BCUT2D eigenvalue weighted by Crippen LogP contribution is 2.44. The van der Waals surface area contributed by atoms with Crippen LogP contribution in [0.5, 0.6) is 0 Å². The number of halogens is 1. The Kier molecular flexibility index (Phi) is 12.4. The van der Waals surface area contributed by atoms with E-state index in [0.29, 0.717) is 45.5 Å². The van der Waals surface area contributed by atoms with E-state index in [2.05, 4.69) is 98.7 Å². The predicted octanol–water partition coefficient (Wildman–Crippen LogP) is 6.34. The molecule has 0 bridgehead atoms. The molecule has 3 aromatic carbocycles. The molecule has 8 nitrogen and oxygen atoms in total. The van der Waals surface area contributed by atoms with Gasteiger partial charge in [-0.15, -0.1) is 0 Å². The number of carbonyl (C=O) groups is 3. The molecule has 0 spiro atoms. The van der Waals surface area contributed by atoms with Gasteiger partial charge in [0.2, 0.25) is 0 Å². The zero-order valence-electron chi connectivity index (χ0n) is 25.3. The number of piperidine rings is 1. The first kappa shape index (κ1) is 33.6. The van der Waals surface area contributed by atoms with Crippen LogP contribution < -0.4 is 0 Å². The quantitative estimate of drug-likeness (QED) is 0.0859. The zero-order chi connectivity index (χ0) is 32.1. The number of alkyl halides is 1. The first-order chi connectivity index (χ1) is 21.9. The summed E-state index contributed by atoms with van der Waals surface area (Å²) < 4.78 is 6.83. The van der Waals surface area contributed by atoms with Crippen LogP contribution in [-0.2, 0) is 31.2 Å². The maximum Gasteiger partial charge on any atom is 0.314 e. The summed E-state index contributed by atoms with van der Waals surface area (Å²) in [5.41, 5.74) is 4.39. The SMILES string of the molecule is CCOC(=O)CCCn1ccc(/C=C2\CN(C(c3ccccc3)(c3ccccc3)c3ccccc3)CCC2=O)n1.O=C(O)CBr. The second-order valence-corrected chi connectivity index (χ2v) is 11.1. The molecule has 0 unspecified atom stereocenters. The number of nitrogens with zero attached hydrogens (tertiary/aromatic N) is 3. The number of aryl methyl sites for hydroxylation is 1. The Bertz CT molecular complexity index is 1480. The van der Waals surface area contributed by atoms with Crippen molar-refractivity contribution in [3.63, 3.8) is 0 Å². The van der Waals surface area contributed by atoms with E-state index in [1.165, 1.54) is 0 Å². The van der Waals surface area contributed by atoms with Crippen molar-refractivity contribution >= 4 is 39.7 Å². The number of esters is 1. The number of Topliss-reactive ketones (excluding diaryl/α,β-unsaturated/α-hetero) is 1. The van der Waals surface area contributed by atoms with Crippen molar-refractivity contribution in [3.05, 3.63) is 131 Å². The molecule has 5 rings (SSSR count). The lowest BCUT2D eigenvalue weighted by molar-refractivity contribution is -0.143. The van der Waals surface area contributed by atoms with Crippen LogP contribution in [0.4, 0.5) is 0 Å². The highest BCUT2D eigenvalue weighted by Gasteiger charge is 2.44. The summed E-state index contributed by atoms with van der Waals surface area (Å²) in [6.07, 6.45) is 5.25. The van der Waals surface area contributed by atoms with E-state index < -0.39 is 11.5 Å². The van der Waals surface area contributed by atoms with Gasteiger partial charge in [0, 0.05) is 44.2 Å². The number of rotatable bonds is 11. The van der Waals surface area contributed by atoms with Gasteiger partial charge in [0.05, 0.1) is 17.8 Å². The third-order valence-corrected chi connectivity index (χ3v) is 8.03. The Hall–Kier alpha value is -4.34. The lowest BCUT2D eigenvalue weighted by atomic mass is 9.74. The van der Waals surface area contributed by atoms with Crippen LogP contribution >= 0.6 is 15.9 Å². The summed E-state index contributed by atoms with van der Waals surface area (Å²) in [5.74, 6) is -0.871. The Morgan fingerprint density at radius 2 is 1.47 bits per heavy atom. The van der Waals surface area contributed by atoms with Crippen LogP contribution in [-0.4, -0.2) is 62.5 Å². The van der Waals surface area contributed by atoms with Gasteiger partial charge in [0.15, 0.2) is 5.78 Å².